The third kappa shape index (κ3) is 3.15. The van der Waals surface area contributed by atoms with Crippen LogP contribution in [0.15, 0.2) is 24.5 Å². The van der Waals surface area contributed by atoms with E-state index in [1.807, 2.05) is 18.5 Å². The van der Waals surface area contributed by atoms with Crippen LogP contribution < -0.4 is 5.73 Å². The molecule has 106 valence electrons. The summed E-state index contributed by atoms with van der Waals surface area (Å²) in [5.41, 5.74) is 7.69. The molecule has 3 nitrogen and oxygen atoms in total. The van der Waals surface area contributed by atoms with Crippen molar-refractivity contribution in [2.45, 2.75) is 58.2 Å². The maximum Gasteiger partial charge on any atom is 0.0517 e. The molecular formula is C16H27N3. The molecule has 1 aliphatic rings. The lowest BCUT2D eigenvalue weighted by atomic mass is 9.94. The van der Waals surface area contributed by atoms with Crippen molar-refractivity contribution in [3.63, 3.8) is 0 Å². The van der Waals surface area contributed by atoms with Gasteiger partial charge in [-0.15, -0.1) is 0 Å². The Balaban J connectivity index is 2.28. The number of aromatic nitrogens is 1. The number of hydrogen-bond acceptors (Lipinski definition) is 3. The Morgan fingerprint density at radius 1 is 1.47 bits per heavy atom. The van der Waals surface area contributed by atoms with E-state index in [-0.39, 0.29) is 6.04 Å². The van der Waals surface area contributed by atoms with Crippen molar-refractivity contribution in [2.75, 3.05) is 6.54 Å². The van der Waals surface area contributed by atoms with E-state index >= 15 is 0 Å². The van der Waals surface area contributed by atoms with Crippen LogP contribution in [0.2, 0.25) is 0 Å². The molecule has 0 aliphatic carbocycles. The van der Waals surface area contributed by atoms with Crippen LogP contribution in [0.25, 0.3) is 0 Å². The number of nitrogens with two attached hydrogens (primary N) is 1. The van der Waals surface area contributed by atoms with Gasteiger partial charge in [-0.2, -0.15) is 0 Å². The fourth-order valence-corrected chi connectivity index (χ4v) is 3.34. The highest BCUT2D eigenvalue weighted by Crippen LogP contribution is 2.34. The molecule has 0 saturated carbocycles. The Labute approximate surface area is 117 Å². The summed E-state index contributed by atoms with van der Waals surface area (Å²) in [6.45, 7) is 7.98. The fourth-order valence-electron chi connectivity index (χ4n) is 3.34. The first-order chi connectivity index (χ1) is 9.15. The van der Waals surface area contributed by atoms with Crippen molar-refractivity contribution >= 4 is 0 Å². The SMILES string of the molecule is CCC(N)C(c1cccnc1)N1CCCC1C(C)C. The molecule has 19 heavy (non-hydrogen) atoms. The van der Waals surface area contributed by atoms with Crippen LogP contribution in [-0.2, 0) is 0 Å². The Morgan fingerprint density at radius 3 is 2.84 bits per heavy atom. The largest absolute Gasteiger partial charge is 0.326 e. The predicted molar refractivity (Wildman–Crippen MR) is 79.8 cm³/mol. The zero-order chi connectivity index (χ0) is 13.8. The van der Waals surface area contributed by atoms with Gasteiger partial charge < -0.3 is 5.73 Å². The predicted octanol–water partition coefficient (Wildman–Crippen LogP) is 2.98. The van der Waals surface area contributed by atoms with Crippen LogP contribution in [-0.4, -0.2) is 28.5 Å². The topological polar surface area (TPSA) is 42.1 Å². The van der Waals surface area contributed by atoms with Crippen LogP contribution in [0.4, 0.5) is 0 Å². The summed E-state index contributed by atoms with van der Waals surface area (Å²) in [5, 5.41) is 0. The van der Waals surface area contributed by atoms with Crippen molar-refractivity contribution in [3.05, 3.63) is 30.1 Å². The molecule has 3 unspecified atom stereocenters. The summed E-state index contributed by atoms with van der Waals surface area (Å²) < 4.78 is 0. The van der Waals surface area contributed by atoms with Gasteiger partial charge in [0.05, 0.1) is 6.04 Å². The van der Waals surface area contributed by atoms with Crippen LogP contribution in [0.1, 0.15) is 51.6 Å². The molecule has 1 aromatic heterocycles. The fraction of sp³-hybridized carbons (Fsp3) is 0.688. The molecule has 0 amide bonds. The molecular weight excluding hydrogens is 234 g/mol. The van der Waals surface area contributed by atoms with Crippen molar-refractivity contribution in [1.29, 1.82) is 0 Å². The number of pyridine rings is 1. The minimum absolute atomic E-state index is 0.184. The molecule has 0 bridgehead atoms. The van der Waals surface area contributed by atoms with Crippen LogP contribution in [0, 0.1) is 5.92 Å². The van der Waals surface area contributed by atoms with Gasteiger partial charge in [0, 0.05) is 24.5 Å². The maximum atomic E-state index is 6.42. The molecule has 0 spiro atoms. The smallest absolute Gasteiger partial charge is 0.0517 e. The van der Waals surface area contributed by atoms with Gasteiger partial charge in [-0.3, -0.25) is 9.88 Å². The summed E-state index contributed by atoms with van der Waals surface area (Å²) in [6, 6.07) is 5.34. The average molecular weight is 261 g/mol. The minimum atomic E-state index is 0.184. The lowest BCUT2D eigenvalue weighted by Gasteiger charge is -2.38. The van der Waals surface area contributed by atoms with Gasteiger partial charge in [0.1, 0.15) is 0 Å². The first-order valence-corrected chi connectivity index (χ1v) is 7.56. The number of hydrogen-bond donors (Lipinski definition) is 1. The van der Waals surface area contributed by atoms with E-state index in [1.54, 1.807) is 0 Å². The monoisotopic (exact) mass is 261 g/mol. The number of rotatable bonds is 5. The molecule has 1 saturated heterocycles. The number of likely N-dealkylation sites (tertiary alicyclic amines) is 1. The maximum absolute atomic E-state index is 6.42. The van der Waals surface area contributed by atoms with Gasteiger partial charge in [0.25, 0.3) is 0 Å². The third-order valence-corrected chi connectivity index (χ3v) is 4.37. The Hall–Kier alpha value is -0.930. The van der Waals surface area contributed by atoms with Gasteiger partial charge in [-0.1, -0.05) is 26.8 Å². The van der Waals surface area contributed by atoms with Crippen LogP contribution in [0.5, 0.6) is 0 Å². The second-order valence-electron chi connectivity index (χ2n) is 5.99. The third-order valence-electron chi connectivity index (χ3n) is 4.37. The van der Waals surface area contributed by atoms with E-state index in [0.717, 1.165) is 13.0 Å². The molecule has 1 fully saturated rings. The summed E-state index contributed by atoms with van der Waals surface area (Å²) >= 11 is 0. The highest BCUT2D eigenvalue weighted by Gasteiger charge is 2.35. The number of nitrogens with zero attached hydrogens (tertiary/aromatic N) is 2. The lowest BCUT2D eigenvalue weighted by molar-refractivity contribution is 0.124. The van der Waals surface area contributed by atoms with Crippen molar-refractivity contribution in [1.82, 2.24) is 9.88 Å². The van der Waals surface area contributed by atoms with Crippen LogP contribution >= 0.6 is 0 Å². The Morgan fingerprint density at radius 2 is 2.26 bits per heavy atom. The summed E-state index contributed by atoms with van der Waals surface area (Å²) in [6.07, 6.45) is 7.40. The van der Waals surface area contributed by atoms with E-state index in [9.17, 15) is 0 Å². The van der Waals surface area contributed by atoms with E-state index in [1.165, 1.54) is 18.4 Å². The van der Waals surface area contributed by atoms with Crippen molar-refractivity contribution in [2.24, 2.45) is 11.7 Å². The summed E-state index contributed by atoms with van der Waals surface area (Å²) in [4.78, 5) is 6.90. The molecule has 0 aromatic carbocycles. The normalized spacial score (nSPS) is 23.7. The highest BCUT2D eigenvalue weighted by molar-refractivity contribution is 5.17. The zero-order valence-electron chi connectivity index (χ0n) is 12.4. The van der Waals surface area contributed by atoms with E-state index < -0.39 is 0 Å². The second kappa shape index (κ2) is 6.49. The molecule has 1 aliphatic heterocycles. The molecule has 2 heterocycles. The first-order valence-electron chi connectivity index (χ1n) is 7.56. The van der Waals surface area contributed by atoms with Crippen molar-refractivity contribution < 1.29 is 0 Å². The van der Waals surface area contributed by atoms with Gasteiger partial charge in [0.2, 0.25) is 0 Å². The van der Waals surface area contributed by atoms with Gasteiger partial charge in [-0.25, -0.2) is 0 Å². The lowest BCUT2D eigenvalue weighted by Crippen LogP contribution is -2.45. The first kappa shape index (κ1) is 14.5. The van der Waals surface area contributed by atoms with E-state index in [0.29, 0.717) is 18.0 Å². The van der Waals surface area contributed by atoms with Gasteiger partial charge in [-0.05, 0) is 43.4 Å². The van der Waals surface area contributed by atoms with Crippen molar-refractivity contribution in [3.8, 4) is 0 Å². The molecule has 2 N–H and O–H groups in total. The second-order valence-corrected chi connectivity index (χ2v) is 5.99. The average Bonchev–Trinajstić information content (AvgIpc) is 2.89. The van der Waals surface area contributed by atoms with E-state index in [4.69, 9.17) is 5.73 Å². The summed E-state index contributed by atoms with van der Waals surface area (Å²) in [5.74, 6) is 0.686. The quantitative estimate of drug-likeness (QED) is 0.886. The molecule has 3 atom stereocenters. The zero-order valence-corrected chi connectivity index (χ0v) is 12.4. The Bertz CT molecular complexity index is 377. The molecule has 0 radical (unpaired) electrons. The van der Waals surface area contributed by atoms with E-state index in [2.05, 4.69) is 36.7 Å². The van der Waals surface area contributed by atoms with Crippen LogP contribution in [0.3, 0.4) is 0 Å². The Kier molecular flexibility index (Phi) is 4.94. The highest BCUT2D eigenvalue weighted by atomic mass is 15.2. The standard InChI is InChI=1S/C16H27N3/c1-4-14(17)16(13-7-5-9-18-11-13)19-10-6-8-15(19)12(2)3/h5,7,9,11-12,14-16H,4,6,8,10,17H2,1-3H3. The minimum Gasteiger partial charge on any atom is -0.326 e. The molecule has 3 heteroatoms. The molecule has 1 aromatic rings. The molecule has 2 rings (SSSR count). The van der Waals surface area contributed by atoms with Gasteiger partial charge in [0.15, 0.2) is 0 Å². The van der Waals surface area contributed by atoms with Gasteiger partial charge >= 0.3 is 0 Å². The summed E-state index contributed by atoms with van der Waals surface area (Å²) in [7, 11) is 0.